The van der Waals surface area contributed by atoms with Crippen molar-refractivity contribution < 1.29 is 4.79 Å². The molecule has 2 unspecified atom stereocenters. The molecule has 1 aliphatic heterocycles. The number of piperidine rings is 1. The van der Waals surface area contributed by atoms with Crippen LogP contribution in [0.1, 0.15) is 44.2 Å². The van der Waals surface area contributed by atoms with Crippen molar-refractivity contribution >= 4 is 18.3 Å². The lowest BCUT2D eigenvalue weighted by atomic mass is 10.0. The Labute approximate surface area is 139 Å². The number of nitrogens with one attached hydrogen (secondary N) is 1. The van der Waals surface area contributed by atoms with Crippen LogP contribution < -0.4 is 11.1 Å². The Balaban J connectivity index is 0.00000242. The number of benzene rings is 1. The molecule has 4 nitrogen and oxygen atoms in total. The third-order valence-electron chi connectivity index (χ3n) is 4.23. The van der Waals surface area contributed by atoms with Crippen LogP contribution in [0.5, 0.6) is 0 Å². The average Bonchev–Trinajstić information content (AvgIpc) is 2.48. The van der Waals surface area contributed by atoms with Crippen LogP contribution in [0.3, 0.4) is 0 Å². The first-order chi connectivity index (χ1) is 10.1. The van der Waals surface area contributed by atoms with Gasteiger partial charge >= 0.3 is 0 Å². The summed E-state index contributed by atoms with van der Waals surface area (Å²) in [7, 11) is 0. The number of carbonyl (C=O) groups is 1. The van der Waals surface area contributed by atoms with E-state index >= 15 is 0 Å². The number of rotatable bonds is 5. The summed E-state index contributed by atoms with van der Waals surface area (Å²) in [5.74, 6) is -0.110. The van der Waals surface area contributed by atoms with Crippen molar-refractivity contribution in [3.05, 3.63) is 35.4 Å². The number of nitrogens with zero attached hydrogens (tertiary/aromatic N) is 1. The van der Waals surface area contributed by atoms with Gasteiger partial charge in [0.1, 0.15) is 0 Å². The minimum Gasteiger partial charge on any atom is -0.351 e. The van der Waals surface area contributed by atoms with Gasteiger partial charge in [-0.25, -0.2) is 0 Å². The molecule has 124 valence electrons. The summed E-state index contributed by atoms with van der Waals surface area (Å²) in [4.78, 5) is 14.0. The number of hydrogen-bond acceptors (Lipinski definition) is 3. The van der Waals surface area contributed by atoms with Crippen molar-refractivity contribution in [2.75, 3.05) is 6.54 Å². The van der Waals surface area contributed by atoms with Crippen LogP contribution in [-0.4, -0.2) is 29.4 Å². The standard InChI is InChI=1S/C17H27N3O.ClH/c1-13-5-3-4-10-20(13)12-16-8-6-15(7-9-16)11-19-17(21)14(2)18;/h6-9,13-14H,3-5,10-12,18H2,1-2H3,(H,19,21);1H. The zero-order valence-corrected chi connectivity index (χ0v) is 14.4. The fraction of sp³-hybridized carbons (Fsp3) is 0.588. The van der Waals surface area contributed by atoms with E-state index in [-0.39, 0.29) is 18.3 Å². The third-order valence-corrected chi connectivity index (χ3v) is 4.23. The molecule has 1 heterocycles. The topological polar surface area (TPSA) is 58.4 Å². The minimum atomic E-state index is -0.454. The van der Waals surface area contributed by atoms with E-state index in [1.165, 1.54) is 31.4 Å². The van der Waals surface area contributed by atoms with Gasteiger partial charge in [-0.3, -0.25) is 9.69 Å². The number of carbonyl (C=O) groups excluding carboxylic acids is 1. The maximum Gasteiger partial charge on any atom is 0.236 e. The molecule has 0 aliphatic carbocycles. The van der Waals surface area contributed by atoms with E-state index in [4.69, 9.17) is 5.73 Å². The van der Waals surface area contributed by atoms with Gasteiger partial charge in [-0.05, 0) is 44.4 Å². The quantitative estimate of drug-likeness (QED) is 0.874. The molecule has 5 heteroatoms. The Morgan fingerprint density at radius 1 is 1.32 bits per heavy atom. The highest BCUT2D eigenvalue weighted by molar-refractivity contribution is 5.85. The molecule has 1 aromatic rings. The van der Waals surface area contributed by atoms with Crippen LogP contribution in [0.4, 0.5) is 0 Å². The molecule has 1 aromatic carbocycles. The maximum absolute atomic E-state index is 11.4. The molecule has 0 radical (unpaired) electrons. The van der Waals surface area contributed by atoms with Crippen LogP contribution in [-0.2, 0) is 17.9 Å². The van der Waals surface area contributed by atoms with Gasteiger partial charge in [0.2, 0.25) is 5.91 Å². The Morgan fingerprint density at radius 2 is 1.95 bits per heavy atom. The van der Waals surface area contributed by atoms with E-state index in [0.717, 1.165) is 12.1 Å². The number of likely N-dealkylation sites (tertiary alicyclic amines) is 1. The summed E-state index contributed by atoms with van der Waals surface area (Å²) in [5, 5.41) is 2.83. The Kier molecular flexibility index (Phi) is 7.87. The van der Waals surface area contributed by atoms with E-state index in [9.17, 15) is 4.79 Å². The molecule has 1 fully saturated rings. The molecule has 1 saturated heterocycles. The zero-order valence-electron chi connectivity index (χ0n) is 13.5. The van der Waals surface area contributed by atoms with Gasteiger partial charge in [0.15, 0.2) is 0 Å². The van der Waals surface area contributed by atoms with Crippen molar-refractivity contribution in [2.45, 2.75) is 58.3 Å². The number of halogens is 1. The van der Waals surface area contributed by atoms with Crippen molar-refractivity contribution in [1.82, 2.24) is 10.2 Å². The average molecular weight is 326 g/mol. The van der Waals surface area contributed by atoms with Crippen molar-refractivity contribution in [2.24, 2.45) is 5.73 Å². The summed E-state index contributed by atoms with van der Waals surface area (Å²) in [5.41, 5.74) is 7.97. The highest BCUT2D eigenvalue weighted by atomic mass is 35.5. The van der Waals surface area contributed by atoms with E-state index < -0.39 is 6.04 Å². The molecular formula is C17H28ClN3O. The predicted octanol–water partition coefficient (Wildman–Crippen LogP) is 2.45. The molecule has 22 heavy (non-hydrogen) atoms. The van der Waals surface area contributed by atoms with Crippen LogP contribution in [0.25, 0.3) is 0 Å². The van der Waals surface area contributed by atoms with Gasteiger partial charge < -0.3 is 11.1 Å². The van der Waals surface area contributed by atoms with Gasteiger partial charge in [0, 0.05) is 19.1 Å². The van der Waals surface area contributed by atoms with Crippen LogP contribution in [0.15, 0.2) is 24.3 Å². The third kappa shape index (κ3) is 5.59. The van der Waals surface area contributed by atoms with Gasteiger partial charge in [0.25, 0.3) is 0 Å². The monoisotopic (exact) mass is 325 g/mol. The number of amides is 1. The highest BCUT2D eigenvalue weighted by Gasteiger charge is 2.17. The first-order valence-electron chi connectivity index (χ1n) is 7.91. The Morgan fingerprint density at radius 3 is 2.55 bits per heavy atom. The second-order valence-corrected chi connectivity index (χ2v) is 6.14. The zero-order chi connectivity index (χ0) is 15.2. The van der Waals surface area contributed by atoms with Gasteiger partial charge in [-0.2, -0.15) is 0 Å². The van der Waals surface area contributed by atoms with E-state index in [0.29, 0.717) is 12.6 Å². The lowest BCUT2D eigenvalue weighted by molar-refractivity contribution is -0.122. The molecule has 2 atom stereocenters. The van der Waals surface area contributed by atoms with E-state index in [1.54, 1.807) is 6.92 Å². The normalized spacial score (nSPS) is 20.0. The fourth-order valence-corrected chi connectivity index (χ4v) is 2.74. The molecule has 1 amide bonds. The second kappa shape index (κ2) is 9.13. The minimum absolute atomic E-state index is 0. The molecule has 0 bridgehead atoms. The maximum atomic E-state index is 11.4. The smallest absolute Gasteiger partial charge is 0.236 e. The summed E-state index contributed by atoms with van der Waals surface area (Å²) < 4.78 is 0. The Bertz CT molecular complexity index is 461. The molecular weight excluding hydrogens is 298 g/mol. The van der Waals surface area contributed by atoms with Crippen molar-refractivity contribution in [3.8, 4) is 0 Å². The van der Waals surface area contributed by atoms with E-state index in [1.807, 2.05) is 0 Å². The molecule has 3 N–H and O–H groups in total. The van der Waals surface area contributed by atoms with Crippen LogP contribution in [0, 0.1) is 0 Å². The van der Waals surface area contributed by atoms with Crippen molar-refractivity contribution in [3.63, 3.8) is 0 Å². The molecule has 1 aliphatic rings. The fourth-order valence-electron chi connectivity index (χ4n) is 2.74. The largest absolute Gasteiger partial charge is 0.351 e. The van der Waals surface area contributed by atoms with Gasteiger partial charge in [-0.15, -0.1) is 12.4 Å². The summed E-state index contributed by atoms with van der Waals surface area (Å²) >= 11 is 0. The Hall–Kier alpha value is -1.10. The van der Waals surface area contributed by atoms with Crippen LogP contribution in [0.2, 0.25) is 0 Å². The predicted molar refractivity (Wildman–Crippen MR) is 92.9 cm³/mol. The molecule has 2 rings (SSSR count). The SMILES string of the molecule is CC(N)C(=O)NCc1ccc(CN2CCCCC2C)cc1.Cl. The van der Waals surface area contributed by atoms with Gasteiger partial charge in [0.05, 0.1) is 6.04 Å². The molecule has 0 aromatic heterocycles. The first kappa shape index (κ1) is 18.9. The first-order valence-corrected chi connectivity index (χ1v) is 7.91. The summed E-state index contributed by atoms with van der Waals surface area (Å²) in [6.45, 7) is 6.77. The molecule has 0 spiro atoms. The number of hydrogen-bond donors (Lipinski definition) is 2. The number of nitrogens with two attached hydrogens (primary N) is 1. The van der Waals surface area contributed by atoms with Crippen LogP contribution >= 0.6 is 12.4 Å². The molecule has 0 saturated carbocycles. The lowest BCUT2D eigenvalue weighted by Crippen LogP contribution is -2.37. The van der Waals surface area contributed by atoms with Gasteiger partial charge in [-0.1, -0.05) is 30.7 Å². The second-order valence-electron chi connectivity index (χ2n) is 6.14. The van der Waals surface area contributed by atoms with E-state index in [2.05, 4.69) is 41.4 Å². The van der Waals surface area contributed by atoms with Crippen molar-refractivity contribution in [1.29, 1.82) is 0 Å². The lowest BCUT2D eigenvalue weighted by Gasteiger charge is -2.33. The summed E-state index contributed by atoms with van der Waals surface area (Å²) in [6, 6.07) is 8.73. The summed E-state index contributed by atoms with van der Waals surface area (Å²) in [6.07, 6.45) is 3.98. The highest BCUT2D eigenvalue weighted by Crippen LogP contribution is 2.19.